The molecule has 0 radical (unpaired) electrons. The van der Waals surface area contributed by atoms with Crippen LogP contribution in [0.3, 0.4) is 0 Å². The Morgan fingerprint density at radius 1 is 1.38 bits per heavy atom. The first-order valence-corrected chi connectivity index (χ1v) is 7.87. The second-order valence-electron chi connectivity index (χ2n) is 6.36. The summed E-state index contributed by atoms with van der Waals surface area (Å²) in [7, 11) is 3.75. The van der Waals surface area contributed by atoms with Gasteiger partial charge in [0.1, 0.15) is 11.6 Å². The van der Waals surface area contributed by atoms with Gasteiger partial charge in [-0.05, 0) is 43.7 Å². The molecule has 0 saturated heterocycles. The zero-order valence-electron chi connectivity index (χ0n) is 13.2. The van der Waals surface area contributed by atoms with E-state index >= 15 is 0 Å². The van der Waals surface area contributed by atoms with Gasteiger partial charge in [-0.25, -0.2) is 4.98 Å². The number of aryl methyl sites for hydroxylation is 1. The van der Waals surface area contributed by atoms with Gasteiger partial charge >= 0.3 is 0 Å². The quantitative estimate of drug-likeness (QED) is 0.942. The molecule has 2 N–H and O–H groups in total. The molecule has 114 valence electrons. The monoisotopic (exact) mass is 287 g/mol. The highest BCUT2D eigenvalue weighted by molar-refractivity contribution is 5.78. The van der Waals surface area contributed by atoms with Crippen LogP contribution in [-0.2, 0) is 12.6 Å². The fourth-order valence-corrected chi connectivity index (χ4v) is 3.58. The molecule has 3 rings (SSSR count). The Morgan fingerprint density at radius 3 is 2.71 bits per heavy atom. The average molecular weight is 287 g/mol. The molecule has 0 unspecified atom stereocenters. The van der Waals surface area contributed by atoms with Crippen LogP contribution in [0.5, 0.6) is 5.75 Å². The topological polar surface area (TPSA) is 53.1 Å². The second-order valence-corrected chi connectivity index (χ2v) is 6.36. The number of ether oxygens (including phenoxy) is 1. The van der Waals surface area contributed by atoms with Crippen LogP contribution < -0.4 is 10.5 Å². The summed E-state index contributed by atoms with van der Waals surface area (Å²) in [6, 6.07) is 6.02. The number of nitrogens with two attached hydrogens (primary N) is 1. The van der Waals surface area contributed by atoms with Gasteiger partial charge in [-0.2, -0.15) is 0 Å². The lowest BCUT2D eigenvalue weighted by Crippen LogP contribution is -2.42. The SMILES string of the molecule is CCC1CCC(N)(c2nc3cc(OC)ccc3n2C)CC1. The molecule has 0 atom stereocenters. The van der Waals surface area contributed by atoms with Crippen molar-refractivity contribution in [1.29, 1.82) is 0 Å². The first kappa shape index (κ1) is 14.4. The number of methoxy groups -OCH3 is 1. The van der Waals surface area contributed by atoms with Crippen molar-refractivity contribution in [1.82, 2.24) is 9.55 Å². The van der Waals surface area contributed by atoms with Crippen LogP contribution >= 0.6 is 0 Å². The van der Waals surface area contributed by atoms with Crippen LogP contribution in [0.1, 0.15) is 44.9 Å². The molecule has 1 aromatic carbocycles. The smallest absolute Gasteiger partial charge is 0.129 e. The third kappa shape index (κ3) is 2.42. The molecule has 1 aromatic heterocycles. The number of hydrogen-bond acceptors (Lipinski definition) is 3. The number of rotatable bonds is 3. The van der Waals surface area contributed by atoms with Crippen LogP contribution in [-0.4, -0.2) is 16.7 Å². The zero-order valence-corrected chi connectivity index (χ0v) is 13.2. The van der Waals surface area contributed by atoms with E-state index in [4.69, 9.17) is 15.5 Å². The molecule has 0 bridgehead atoms. The molecular formula is C17H25N3O. The molecule has 1 heterocycles. The zero-order chi connectivity index (χ0) is 15.0. The predicted molar refractivity (Wildman–Crippen MR) is 85.4 cm³/mol. The summed E-state index contributed by atoms with van der Waals surface area (Å²) in [4.78, 5) is 4.83. The Bertz CT molecular complexity index is 639. The van der Waals surface area contributed by atoms with E-state index in [0.29, 0.717) is 0 Å². The first-order valence-electron chi connectivity index (χ1n) is 7.87. The third-order valence-electron chi connectivity index (χ3n) is 5.11. The number of fused-ring (bicyclic) bond motifs is 1. The van der Waals surface area contributed by atoms with Crippen molar-refractivity contribution in [3.63, 3.8) is 0 Å². The lowest BCUT2D eigenvalue weighted by atomic mass is 9.75. The van der Waals surface area contributed by atoms with Gasteiger partial charge in [0.2, 0.25) is 0 Å². The van der Waals surface area contributed by atoms with Gasteiger partial charge in [-0.3, -0.25) is 0 Å². The summed E-state index contributed by atoms with van der Waals surface area (Å²) >= 11 is 0. The van der Waals surface area contributed by atoms with Gasteiger partial charge in [0.25, 0.3) is 0 Å². The van der Waals surface area contributed by atoms with E-state index in [0.717, 1.165) is 41.4 Å². The molecule has 1 aliphatic carbocycles. The molecular weight excluding hydrogens is 262 g/mol. The van der Waals surface area contributed by atoms with Crippen LogP contribution in [0.2, 0.25) is 0 Å². The normalized spacial score (nSPS) is 26.2. The summed E-state index contributed by atoms with van der Waals surface area (Å²) in [6.45, 7) is 2.27. The van der Waals surface area contributed by atoms with E-state index < -0.39 is 0 Å². The summed E-state index contributed by atoms with van der Waals surface area (Å²) in [6.07, 6.45) is 5.73. The third-order valence-corrected chi connectivity index (χ3v) is 5.11. The van der Waals surface area contributed by atoms with Crippen molar-refractivity contribution in [2.24, 2.45) is 18.7 Å². The Hall–Kier alpha value is -1.55. The molecule has 1 saturated carbocycles. The highest BCUT2D eigenvalue weighted by atomic mass is 16.5. The molecule has 0 aliphatic heterocycles. The fraction of sp³-hybridized carbons (Fsp3) is 0.588. The maximum absolute atomic E-state index is 6.72. The van der Waals surface area contributed by atoms with Gasteiger partial charge in [0.05, 0.1) is 23.7 Å². The van der Waals surface area contributed by atoms with Crippen molar-refractivity contribution in [2.75, 3.05) is 7.11 Å². The van der Waals surface area contributed by atoms with Crippen molar-refractivity contribution >= 4 is 11.0 Å². The lowest BCUT2D eigenvalue weighted by molar-refractivity contribution is 0.219. The van der Waals surface area contributed by atoms with Crippen LogP contribution in [0.15, 0.2) is 18.2 Å². The lowest BCUT2D eigenvalue weighted by Gasteiger charge is -2.36. The molecule has 0 spiro atoms. The van der Waals surface area contributed by atoms with Crippen molar-refractivity contribution in [3.8, 4) is 5.75 Å². The van der Waals surface area contributed by atoms with E-state index in [-0.39, 0.29) is 5.54 Å². The van der Waals surface area contributed by atoms with Crippen LogP contribution in [0.4, 0.5) is 0 Å². The van der Waals surface area contributed by atoms with Gasteiger partial charge in [0, 0.05) is 13.1 Å². The number of aromatic nitrogens is 2. The van der Waals surface area contributed by atoms with Gasteiger partial charge in [-0.15, -0.1) is 0 Å². The number of benzene rings is 1. The molecule has 21 heavy (non-hydrogen) atoms. The standard InChI is InChI=1S/C17H25N3O/c1-4-12-7-9-17(18,10-8-12)16-19-14-11-13(21-3)5-6-15(14)20(16)2/h5-6,11-12H,4,7-10,18H2,1-3H3. The van der Waals surface area contributed by atoms with E-state index in [9.17, 15) is 0 Å². The number of imidazole rings is 1. The van der Waals surface area contributed by atoms with E-state index in [1.807, 2.05) is 12.1 Å². The minimum Gasteiger partial charge on any atom is -0.497 e. The van der Waals surface area contributed by atoms with E-state index in [1.165, 1.54) is 19.3 Å². The summed E-state index contributed by atoms with van der Waals surface area (Å²) in [5.41, 5.74) is 8.52. The highest BCUT2D eigenvalue weighted by Crippen LogP contribution is 2.39. The van der Waals surface area contributed by atoms with E-state index in [2.05, 4.69) is 24.6 Å². The minimum absolute atomic E-state index is 0.285. The van der Waals surface area contributed by atoms with E-state index in [1.54, 1.807) is 7.11 Å². The van der Waals surface area contributed by atoms with Crippen LogP contribution in [0.25, 0.3) is 11.0 Å². The Morgan fingerprint density at radius 2 is 2.10 bits per heavy atom. The molecule has 1 fully saturated rings. The summed E-state index contributed by atoms with van der Waals surface area (Å²) < 4.78 is 7.44. The molecule has 2 aromatic rings. The van der Waals surface area contributed by atoms with Crippen molar-refractivity contribution in [3.05, 3.63) is 24.0 Å². The Balaban J connectivity index is 1.98. The van der Waals surface area contributed by atoms with Gasteiger partial charge < -0.3 is 15.0 Å². The average Bonchev–Trinajstić information content (AvgIpc) is 2.85. The fourth-order valence-electron chi connectivity index (χ4n) is 3.58. The number of hydrogen-bond donors (Lipinski definition) is 1. The van der Waals surface area contributed by atoms with Crippen molar-refractivity contribution < 1.29 is 4.74 Å². The maximum atomic E-state index is 6.72. The highest BCUT2D eigenvalue weighted by Gasteiger charge is 2.36. The molecule has 0 amide bonds. The van der Waals surface area contributed by atoms with Gasteiger partial charge in [-0.1, -0.05) is 13.3 Å². The van der Waals surface area contributed by atoms with Crippen LogP contribution in [0, 0.1) is 5.92 Å². The Kier molecular flexibility index (Phi) is 3.66. The summed E-state index contributed by atoms with van der Waals surface area (Å²) in [5.74, 6) is 2.68. The largest absolute Gasteiger partial charge is 0.497 e. The second kappa shape index (κ2) is 5.34. The number of nitrogens with zero attached hydrogens (tertiary/aromatic N) is 2. The molecule has 4 heteroatoms. The molecule has 4 nitrogen and oxygen atoms in total. The molecule has 1 aliphatic rings. The van der Waals surface area contributed by atoms with Gasteiger partial charge in [0.15, 0.2) is 0 Å². The maximum Gasteiger partial charge on any atom is 0.129 e. The predicted octanol–water partition coefficient (Wildman–Crippen LogP) is 3.34. The van der Waals surface area contributed by atoms with Crippen molar-refractivity contribution in [2.45, 2.75) is 44.6 Å². The Labute approximate surface area is 126 Å². The summed E-state index contributed by atoms with van der Waals surface area (Å²) in [5, 5.41) is 0. The minimum atomic E-state index is -0.285. The first-order chi connectivity index (χ1) is 10.1.